The Kier molecular flexibility index (Phi) is 4.49. The van der Waals surface area contributed by atoms with Crippen molar-refractivity contribution in [3.05, 3.63) is 0 Å². The average Bonchev–Trinajstić information content (AvgIpc) is 2.33. The number of rotatable bonds is 4. The number of nitrogens with one attached hydrogen (secondary N) is 1. The van der Waals surface area contributed by atoms with Gasteiger partial charge >= 0.3 is 0 Å². The zero-order valence-corrected chi connectivity index (χ0v) is 12.9. The quantitative estimate of drug-likeness (QED) is 0.779. The van der Waals surface area contributed by atoms with E-state index in [1.807, 2.05) is 0 Å². The van der Waals surface area contributed by atoms with Crippen LogP contribution in [0.25, 0.3) is 0 Å². The molecule has 0 aromatic carbocycles. The third kappa shape index (κ3) is 3.10. The first kappa shape index (κ1) is 14.8. The van der Waals surface area contributed by atoms with Gasteiger partial charge in [0, 0.05) is 6.54 Å². The average molecular weight is 282 g/mol. The molecule has 0 atom stereocenters. The van der Waals surface area contributed by atoms with Gasteiger partial charge in [-0.05, 0) is 43.4 Å². The van der Waals surface area contributed by atoms with Gasteiger partial charge in [-0.3, -0.25) is 4.79 Å². The van der Waals surface area contributed by atoms with E-state index in [2.05, 4.69) is 19.2 Å². The molecule has 0 aliphatic heterocycles. The van der Waals surface area contributed by atoms with Gasteiger partial charge in [0.1, 0.15) is 0 Å². The van der Waals surface area contributed by atoms with Crippen molar-refractivity contribution in [2.24, 2.45) is 28.9 Å². The van der Waals surface area contributed by atoms with Crippen molar-refractivity contribution in [2.45, 2.75) is 52.4 Å². The van der Waals surface area contributed by atoms with Crippen LogP contribution in [0.4, 0.5) is 0 Å². The maximum Gasteiger partial charge on any atom is 0.233 e. The fourth-order valence-electron chi connectivity index (χ4n) is 3.57. The maximum absolute atomic E-state index is 12.4. The predicted octanol–water partition coefficient (Wildman–Crippen LogP) is 2.63. The second-order valence-corrected chi connectivity index (χ2v) is 7.24. The van der Waals surface area contributed by atoms with Gasteiger partial charge in [0.2, 0.25) is 5.91 Å². The van der Waals surface area contributed by atoms with E-state index in [-0.39, 0.29) is 5.91 Å². The molecule has 4 heteroatoms. The third-order valence-electron chi connectivity index (χ3n) is 4.99. The Morgan fingerprint density at radius 3 is 2.26 bits per heavy atom. The molecule has 2 saturated carbocycles. The number of carbonyl (C=O) groups is 1. The fourth-order valence-corrected chi connectivity index (χ4v) is 3.83. The lowest BCUT2D eigenvalue weighted by Crippen LogP contribution is -2.56. The summed E-state index contributed by atoms with van der Waals surface area (Å²) in [5.41, 5.74) is 5.25. The number of thiocarbonyl (C=S) groups is 1. The van der Waals surface area contributed by atoms with Crippen LogP contribution in [0.2, 0.25) is 0 Å². The number of hydrogen-bond acceptors (Lipinski definition) is 2. The van der Waals surface area contributed by atoms with E-state index in [0.29, 0.717) is 16.8 Å². The van der Waals surface area contributed by atoms with Crippen LogP contribution in [0.5, 0.6) is 0 Å². The van der Waals surface area contributed by atoms with E-state index in [1.165, 1.54) is 25.7 Å². The summed E-state index contributed by atoms with van der Waals surface area (Å²) < 4.78 is 0. The lowest BCUT2D eigenvalue weighted by atomic mass is 9.62. The van der Waals surface area contributed by atoms with Crippen LogP contribution in [0, 0.1) is 23.2 Å². The number of amides is 1. The minimum atomic E-state index is -0.545. The van der Waals surface area contributed by atoms with E-state index >= 15 is 0 Å². The molecule has 0 spiro atoms. The van der Waals surface area contributed by atoms with Gasteiger partial charge in [-0.25, -0.2) is 0 Å². The fraction of sp³-hybridized carbons (Fsp3) is 0.867. The molecule has 3 nitrogen and oxygen atoms in total. The molecule has 2 rings (SSSR count). The van der Waals surface area contributed by atoms with Gasteiger partial charge in [-0.1, -0.05) is 38.9 Å². The Balaban J connectivity index is 1.82. The third-order valence-corrected chi connectivity index (χ3v) is 5.38. The van der Waals surface area contributed by atoms with E-state index in [4.69, 9.17) is 18.0 Å². The first-order valence-corrected chi connectivity index (χ1v) is 7.93. The van der Waals surface area contributed by atoms with E-state index < -0.39 is 5.41 Å². The molecular weight excluding hydrogens is 256 g/mol. The van der Waals surface area contributed by atoms with Crippen LogP contribution in [0.3, 0.4) is 0 Å². The van der Waals surface area contributed by atoms with E-state index in [9.17, 15) is 4.79 Å². The lowest BCUT2D eigenvalue weighted by Gasteiger charge is -2.44. The molecule has 1 amide bonds. The Bertz CT molecular complexity index is 355. The van der Waals surface area contributed by atoms with Crippen LogP contribution >= 0.6 is 12.2 Å². The molecule has 0 saturated heterocycles. The van der Waals surface area contributed by atoms with Crippen LogP contribution in [0.15, 0.2) is 0 Å². The van der Waals surface area contributed by atoms with Gasteiger partial charge in [-0.2, -0.15) is 0 Å². The lowest BCUT2D eigenvalue weighted by molar-refractivity contribution is -0.133. The monoisotopic (exact) mass is 282 g/mol. The zero-order chi connectivity index (χ0) is 14.0. The predicted molar refractivity (Wildman–Crippen MR) is 81.7 cm³/mol. The highest BCUT2D eigenvalue weighted by Crippen LogP contribution is 2.46. The molecule has 19 heavy (non-hydrogen) atoms. The van der Waals surface area contributed by atoms with Crippen LogP contribution in [0.1, 0.15) is 52.4 Å². The van der Waals surface area contributed by atoms with Crippen molar-refractivity contribution in [2.75, 3.05) is 6.54 Å². The van der Waals surface area contributed by atoms with Gasteiger partial charge in [0.15, 0.2) is 0 Å². The summed E-state index contributed by atoms with van der Waals surface area (Å²) in [6, 6.07) is 0. The van der Waals surface area contributed by atoms with E-state index in [0.717, 1.165) is 25.3 Å². The second kappa shape index (κ2) is 5.78. The minimum Gasteiger partial charge on any atom is -0.392 e. The summed E-state index contributed by atoms with van der Waals surface area (Å²) in [5, 5.41) is 3.11. The highest BCUT2D eigenvalue weighted by Gasteiger charge is 2.50. The topological polar surface area (TPSA) is 55.1 Å². The molecule has 0 aromatic rings. The summed E-state index contributed by atoms with van der Waals surface area (Å²) in [6.45, 7) is 5.25. The van der Waals surface area contributed by atoms with Crippen LogP contribution in [-0.4, -0.2) is 17.4 Å². The largest absolute Gasteiger partial charge is 0.392 e. The van der Waals surface area contributed by atoms with Gasteiger partial charge < -0.3 is 11.1 Å². The van der Waals surface area contributed by atoms with Gasteiger partial charge in [0.05, 0.1) is 10.4 Å². The Labute approximate surface area is 121 Å². The number of hydrogen-bond donors (Lipinski definition) is 2. The standard InChI is InChI=1S/C15H26N2OS/c1-10-3-5-12(6-4-10)9-17-14(18)15(13(16)19)7-11(2)8-15/h10-12H,3-9H2,1-2H3,(H2,16,19)(H,17,18). The van der Waals surface area contributed by atoms with Crippen LogP contribution in [-0.2, 0) is 4.79 Å². The molecule has 0 radical (unpaired) electrons. The van der Waals surface area contributed by atoms with Crippen molar-refractivity contribution in [3.8, 4) is 0 Å². The Morgan fingerprint density at radius 1 is 1.21 bits per heavy atom. The maximum atomic E-state index is 12.4. The Hall–Kier alpha value is -0.640. The summed E-state index contributed by atoms with van der Waals surface area (Å²) in [7, 11) is 0. The van der Waals surface area contributed by atoms with Gasteiger partial charge in [0.25, 0.3) is 0 Å². The van der Waals surface area contributed by atoms with Crippen LogP contribution < -0.4 is 11.1 Å². The van der Waals surface area contributed by atoms with Crippen molar-refractivity contribution in [3.63, 3.8) is 0 Å². The first-order chi connectivity index (χ1) is 8.94. The number of nitrogens with two attached hydrogens (primary N) is 1. The summed E-state index contributed by atoms with van der Waals surface area (Å²) in [5.74, 6) is 2.11. The SMILES string of the molecule is CC1CCC(CNC(=O)C2(C(N)=S)CC(C)C2)CC1. The van der Waals surface area contributed by atoms with Crippen molar-refractivity contribution >= 4 is 23.1 Å². The summed E-state index contributed by atoms with van der Waals surface area (Å²) in [4.78, 5) is 12.7. The van der Waals surface area contributed by atoms with Gasteiger partial charge in [-0.15, -0.1) is 0 Å². The molecule has 2 aliphatic carbocycles. The normalized spacial score (nSPS) is 38.3. The second-order valence-electron chi connectivity index (χ2n) is 6.80. The highest BCUT2D eigenvalue weighted by molar-refractivity contribution is 7.80. The Morgan fingerprint density at radius 2 is 1.79 bits per heavy atom. The van der Waals surface area contributed by atoms with Crippen molar-refractivity contribution < 1.29 is 4.79 Å². The molecule has 0 bridgehead atoms. The molecule has 108 valence electrons. The van der Waals surface area contributed by atoms with Crippen molar-refractivity contribution in [1.82, 2.24) is 5.32 Å². The molecule has 2 fully saturated rings. The molecule has 2 aliphatic rings. The van der Waals surface area contributed by atoms with Crippen molar-refractivity contribution in [1.29, 1.82) is 0 Å². The molecular formula is C15H26N2OS. The summed E-state index contributed by atoms with van der Waals surface area (Å²) >= 11 is 5.11. The number of carbonyl (C=O) groups excluding carboxylic acids is 1. The van der Waals surface area contributed by atoms with E-state index in [1.54, 1.807) is 0 Å². The first-order valence-electron chi connectivity index (χ1n) is 7.52. The highest BCUT2D eigenvalue weighted by atomic mass is 32.1. The molecule has 0 aromatic heterocycles. The minimum absolute atomic E-state index is 0.0664. The molecule has 0 heterocycles. The summed E-state index contributed by atoms with van der Waals surface area (Å²) in [6.07, 6.45) is 6.68. The molecule has 3 N–H and O–H groups in total. The molecule has 0 unspecified atom stereocenters. The smallest absolute Gasteiger partial charge is 0.233 e. The zero-order valence-electron chi connectivity index (χ0n) is 12.1.